The van der Waals surface area contributed by atoms with Gasteiger partial charge in [-0.05, 0) is 51.5 Å². The molecule has 1 aliphatic rings. The number of ketones is 1. The van der Waals surface area contributed by atoms with Crippen LogP contribution in [0.15, 0.2) is 0 Å². The Hall–Kier alpha value is -1.30. The van der Waals surface area contributed by atoms with E-state index in [2.05, 4.69) is 11.4 Å². The van der Waals surface area contributed by atoms with Crippen LogP contribution in [-0.2, 0) is 11.3 Å². The first-order valence-electron chi connectivity index (χ1n) is 7.75. The summed E-state index contributed by atoms with van der Waals surface area (Å²) in [6, 6.07) is 0. The second-order valence-electron chi connectivity index (χ2n) is 6.06. The number of carbonyl (C=O) groups excluding carboxylic acids is 2. The van der Waals surface area contributed by atoms with Crippen molar-refractivity contribution in [2.24, 2.45) is 5.92 Å². The normalized spacial score (nSPS) is 18.5. The first-order chi connectivity index (χ1) is 10.4. The van der Waals surface area contributed by atoms with Gasteiger partial charge in [-0.1, -0.05) is 0 Å². The number of likely N-dealkylation sites (tertiary alicyclic amines) is 1. The largest absolute Gasteiger partial charge is 0.341 e. The summed E-state index contributed by atoms with van der Waals surface area (Å²) in [7, 11) is 0. The van der Waals surface area contributed by atoms with Gasteiger partial charge >= 0.3 is 0 Å². The lowest BCUT2D eigenvalue weighted by Crippen LogP contribution is -2.42. The minimum absolute atomic E-state index is 0.00621. The number of hydrogen-bond acceptors (Lipinski definition) is 4. The number of aryl methyl sites for hydroxylation is 1. The van der Waals surface area contributed by atoms with Crippen molar-refractivity contribution in [3.63, 3.8) is 0 Å². The highest BCUT2D eigenvalue weighted by Gasteiger charge is 2.25. The molecule has 122 valence electrons. The lowest BCUT2D eigenvalue weighted by molar-refractivity contribution is -0.133. The number of nitrogens with zero attached hydrogens (tertiary/aromatic N) is 3. The van der Waals surface area contributed by atoms with Crippen LogP contribution in [0, 0.1) is 19.8 Å². The van der Waals surface area contributed by atoms with E-state index in [1.165, 1.54) is 6.42 Å². The molecule has 5 nitrogen and oxygen atoms in total. The van der Waals surface area contributed by atoms with Crippen molar-refractivity contribution in [1.82, 2.24) is 14.7 Å². The van der Waals surface area contributed by atoms with Crippen molar-refractivity contribution < 1.29 is 9.59 Å². The zero-order chi connectivity index (χ0) is 16.3. The van der Waals surface area contributed by atoms with Crippen LogP contribution in [-0.4, -0.2) is 51.5 Å². The Balaban J connectivity index is 2.06. The van der Waals surface area contributed by atoms with Crippen LogP contribution in [0.4, 0.5) is 0 Å². The molecule has 0 aliphatic carbocycles. The van der Waals surface area contributed by atoms with Gasteiger partial charge in [-0.3, -0.25) is 14.3 Å². The van der Waals surface area contributed by atoms with Crippen molar-refractivity contribution in [2.45, 2.75) is 40.2 Å². The maximum absolute atomic E-state index is 12.5. The molecule has 1 aromatic heterocycles. The van der Waals surface area contributed by atoms with Crippen molar-refractivity contribution in [1.29, 1.82) is 0 Å². The summed E-state index contributed by atoms with van der Waals surface area (Å²) in [6.45, 7) is 7.13. The molecule has 1 aliphatic heterocycles. The summed E-state index contributed by atoms with van der Waals surface area (Å²) in [5, 5.41) is 4.37. The number of thioether (sulfide) groups is 1. The van der Waals surface area contributed by atoms with Crippen molar-refractivity contribution in [3.05, 3.63) is 17.0 Å². The minimum atomic E-state index is 0.00621. The van der Waals surface area contributed by atoms with Crippen molar-refractivity contribution in [2.75, 3.05) is 25.1 Å². The third-order valence-electron chi connectivity index (χ3n) is 4.29. The second kappa shape index (κ2) is 7.31. The highest BCUT2D eigenvalue weighted by atomic mass is 32.2. The molecule has 6 heteroatoms. The van der Waals surface area contributed by atoms with Gasteiger partial charge in [-0.2, -0.15) is 16.9 Å². The molecule has 1 fully saturated rings. The van der Waals surface area contributed by atoms with E-state index >= 15 is 0 Å². The molecule has 1 aromatic rings. The van der Waals surface area contributed by atoms with E-state index in [0.717, 1.165) is 31.0 Å². The van der Waals surface area contributed by atoms with Gasteiger partial charge in [0, 0.05) is 18.8 Å². The number of carbonyl (C=O) groups is 2. The number of aromatic nitrogens is 2. The molecule has 2 heterocycles. The Morgan fingerprint density at radius 3 is 2.68 bits per heavy atom. The van der Waals surface area contributed by atoms with Gasteiger partial charge in [0.15, 0.2) is 5.78 Å². The zero-order valence-corrected chi connectivity index (χ0v) is 14.7. The molecule has 0 radical (unpaired) electrons. The summed E-state index contributed by atoms with van der Waals surface area (Å²) >= 11 is 1.84. The SMILES string of the molecule is CSC[C@@H]1CCCN(C(=O)Cn2nc(C)c(C(C)=O)c2C)C1. The van der Waals surface area contributed by atoms with Gasteiger partial charge in [-0.15, -0.1) is 0 Å². The lowest BCUT2D eigenvalue weighted by atomic mass is 10.00. The van der Waals surface area contributed by atoms with Crippen LogP contribution in [0.1, 0.15) is 41.5 Å². The van der Waals surface area contributed by atoms with E-state index in [1.807, 2.05) is 30.5 Å². The standard InChI is InChI=1S/C16H25N3O2S/c1-11-16(13(3)20)12(2)19(17-11)9-15(21)18-7-5-6-14(8-18)10-22-4/h14H,5-10H2,1-4H3/t14-/m1/s1. The molecule has 2 rings (SSSR count). The Kier molecular flexibility index (Phi) is 5.67. The average Bonchev–Trinajstić information content (AvgIpc) is 2.74. The van der Waals surface area contributed by atoms with E-state index in [9.17, 15) is 9.59 Å². The minimum Gasteiger partial charge on any atom is -0.341 e. The van der Waals surface area contributed by atoms with Crippen LogP contribution < -0.4 is 0 Å². The van der Waals surface area contributed by atoms with E-state index < -0.39 is 0 Å². The van der Waals surface area contributed by atoms with Gasteiger partial charge in [-0.25, -0.2) is 0 Å². The summed E-state index contributed by atoms with van der Waals surface area (Å²) in [4.78, 5) is 26.1. The number of hydrogen-bond donors (Lipinski definition) is 0. The van der Waals surface area contributed by atoms with Crippen LogP contribution in [0.2, 0.25) is 0 Å². The number of piperidine rings is 1. The fourth-order valence-corrected chi connectivity index (χ4v) is 4.00. The Morgan fingerprint density at radius 1 is 1.36 bits per heavy atom. The monoisotopic (exact) mass is 323 g/mol. The highest BCUT2D eigenvalue weighted by Crippen LogP contribution is 2.20. The maximum atomic E-state index is 12.5. The van der Waals surface area contributed by atoms with E-state index in [1.54, 1.807) is 11.6 Å². The highest BCUT2D eigenvalue weighted by molar-refractivity contribution is 7.98. The molecule has 0 aromatic carbocycles. The summed E-state index contributed by atoms with van der Waals surface area (Å²) in [5.41, 5.74) is 2.14. The first-order valence-corrected chi connectivity index (χ1v) is 9.15. The van der Waals surface area contributed by atoms with Crippen LogP contribution >= 0.6 is 11.8 Å². The number of rotatable bonds is 5. The first kappa shape index (κ1) is 17.1. The van der Waals surface area contributed by atoms with Crippen molar-refractivity contribution >= 4 is 23.5 Å². The molecule has 0 saturated carbocycles. The summed E-state index contributed by atoms with van der Waals surface area (Å²) in [6.07, 6.45) is 4.39. The molecule has 0 bridgehead atoms. The molecule has 1 atom stereocenters. The quantitative estimate of drug-likeness (QED) is 0.780. The van der Waals surface area contributed by atoms with E-state index in [0.29, 0.717) is 17.2 Å². The van der Waals surface area contributed by atoms with Gasteiger partial charge in [0.2, 0.25) is 5.91 Å². The third-order valence-corrected chi connectivity index (χ3v) is 5.10. The topological polar surface area (TPSA) is 55.2 Å². The van der Waals surface area contributed by atoms with Gasteiger partial charge in [0.05, 0.1) is 11.3 Å². The van der Waals surface area contributed by atoms with Crippen LogP contribution in [0.25, 0.3) is 0 Å². The van der Waals surface area contributed by atoms with E-state index in [-0.39, 0.29) is 18.2 Å². The smallest absolute Gasteiger partial charge is 0.244 e. The molecule has 22 heavy (non-hydrogen) atoms. The molecule has 1 amide bonds. The summed E-state index contributed by atoms with van der Waals surface area (Å²) < 4.78 is 1.67. The summed E-state index contributed by atoms with van der Waals surface area (Å²) in [5.74, 6) is 1.82. The predicted molar refractivity (Wildman–Crippen MR) is 89.4 cm³/mol. The second-order valence-corrected chi connectivity index (χ2v) is 6.97. The fourth-order valence-electron chi connectivity index (χ4n) is 3.25. The van der Waals surface area contributed by atoms with E-state index in [4.69, 9.17) is 0 Å². The lowest BCUT2D eigenvalue weighted by Gasteiger charge is -2.32. The molecule has 0 spiro atoms. The molecule has 1 saturated heterocycles. The molecule has 0 N–H and O–H groups in total. The van der Waals surface area contributed by atoms with Gasteiger partial charge < -0.3 is 4.90 Å². The Bertz CT molecular complexity index is 566. The number of Topliss-reactive ketones (excluding diaryl/α,β-unsaturated/α-hetero) is 1. The Morgan fingerprint density at radius 2 is 2.09 bits per heavy atom. The third kappa shape index (κ3) is 3.72. The molecular formula is C16H25N3O2S. The molecular weight excluding hydrogens is 298 g/mol. The van der Waals surface area contributed by atoms with Gasteiger partial charge in [0.1, 0.15) is 6.54 Å². The fraction of sp³-hybridized carbons (Fsp3) is 0.688. The molecule has 0 unspecified atom stereocenters. The maximum Gasteiger partial charge on any atom is 0.244 e. The Labute approximate surface area is 136 Å². The van der Waals surface area contributed by atoms with Crippen LogP contribution in [0.5, 0.6) is 0 Å². The van der Waals surface area contributed by atoms with Gasteiger partial charge in [0.25, 0.3) is 0 Å². The van der Waals surface area contributed by atoms with Crippen LogP contribution in [0.3, 0.4) is 0 Å². The zero-order valence-electron chi connectivity index (χ0n) is 13.9. The predicted octanol–water partition coefficient (Wildman–Crippen LogP) is 2.30. The number of amides is 1. The average molecular weight is 323 g/mol. The van der Waals surface area contributed by atoms with Crippen molar-refractivity contribution in [3.8, 4) is 0 Å².